The molecule has 5 nitrogen and oxygen atoms in total. The number of nitrogens with two attached hydrogens (primary N) is 1. The van der Waals surface area contributed by atoms with Crippen LogP contribution in [-0.4, -0.2) is 20.6 Å². The van der Waals surface area contributed by atoms with Crippen molar-refractivity contribution in [1.82, 2.24) is 9.55 Å². The maximum absolute atomic E-state index is 8.49. The zero-order chi connectivity index (χ0) is 10.0. The Balaban J connectivity index is 3.02. The van der Waals surface area contributed by atoms with Gasteiger partial charge < -0.3 is 15.5 Å². The van der Waals surface area contributed by atoms with E-state index in [4.69, 9.17) is 10.9 Å². The summed E-state index contributed by atoms with van der Waals surface area (Å²) >= 11 is 0. The Hall–Kier alpha value is -1.52. The van der Waals surface area contributed by atoms with Crippen LogP contribution in [0.5, 0.6) is 0 Å². The summed E-state index contributed by atoms with van der Waals surface area (Å²) in [6.07, 6.45) is 1.69. The number of hydrogen-bond acceptors (Lipinski definition) is 3. The van der Waals surface area contributed by atoms with E-state index in [0.29, 0.717) is 0 Å². The summed E-state index contributed by atoms with van der Waals surface area (Å²) in [4.78, 5) is 4.12. The molecule has 3 N–H and O–H groups in total. The molecule has 0 aliphatic heterocycles. The minimum Gasteiger partial charge on any atom is -0.409 e. The fourth-order valence-electron chi connectivity index (χ4n) is 1.13. The predicted molar refractivity (Wildman–Crippen MR) is 49.8 cm³/mol. The van der Waals surface area contributed by atoms with Crippen LogP contribution < -0.4 is 5.73 Å². The van der Waals surface area contributed by atoms with Crippen molar-refractivity contribution in [3.63, 3.8) is 0 Å². The Kier molecular flexibility index (Phi) is 2.55. The van der Waals surface area contributed by atoms with E-state index in [9.17, 15) is 0 Å². The second-order valence-electron chi connectivity index (χ2n) is 3.02. The third-order valence-corrected chi connectivity index (χ3v) is 2.25. The smallest absolute Gasteiger partial charge is 0.162 e. The monoisotopic (exact) mass is 182 g/mol. The molecule has 72 valence electrons. The van der Waals surface area contributed by atoms with Crippen molar-refractivity contribution in [2.45, 2.75) is 26.8 Å². The van der Waals surface area contributed by atoms with Crippen LogP contribution in [-0.2, 0) is 0 Å². The molecular weight excluding hydrogens is 168 g/mol. The molecule has 0 amide bonds. The Morgan fingerprint density at radius 1 is 1.69 bits per heavy atom. The van der Waals surface area contributed by atoms with Gasteiger partial charge in [0.15, 0.2) is 5.84 Å². The lowest BCUT2D eigenvalue weighted by molar-refractivity contribution is 0.314. The molecule has 0 radical (unpaired) electrons. The van der Waals surface area contributed by atoms with Gasteiger partial charge in [-0.25, -0.2) is 4.98 Å². The number of hydrogen-bond donors (Lipinski definition) is 2. The van der Waals surface area contributed by atoms with Gasteiger partial charge in [-0.05, 0) is 20.8 Å². The highest BCUT2D eigenvalue weighted by atomic mass is 16.4. The highest BCUT2D eigenvalue weighted by molar-refractivity contribution is 5.83. The average Bonchev–Trinajstić information content (AvgIpc) is 2.45. The van der Waals surface area contributed by atoms with Gasteiger partial charge >= 0.3 is 0 Å². The highest BCUT2D eigenvalue weighted by Gasteiger charge is 2.12. The first-order valence-electron chi connectivity index (χ1n) is 4.05. The second-order valence-corrected chi connectivity index (χ2v) is 3.02. The van der Waals surface area contributed by atoms with Crippen LogP contribution in [0, 0.1) is 13.8 Å². The molecule has 1 rings (SSSR count). The Bertz CT molecular complexity index is 329. The summed E-state index contributed by atoms with van der Waals surface area (Å²) in [5, 5.41) is 11.5. The van der Waals surface area contributed by atoms with Crippen molar-refractivity contribution in [2.75, 3.05) is 0 Å². The summed E-state index contributed by atoms with van der Waals surface area (Å²) in [6.45, 7) is 5.72. The minimum absolute atomic E-state index is 0.161. The van der Waals surface area contributed by atoms with E-state index < -0.39 is 0 Å². The van der Waals surface area contributed by atoms with Gasteiger partial charge in [0.05, 0.1) is 18.1 Å². The first-order valence-corrected chi connectivity index (χ1v) is 4.05. The Morgan fingerprint density at radius 3 is 2.69 bits per heavy atom. The van der Waals surface area contributed by atoms with E-state index in [1.807, 2.05) is 25.3 Å². The molecule has 0 aromatic carbocycles. The maximum Gasteiger partial charge on any atom is 0.162 e. The van der Waals surface area contributed by atoms with Crippen molar-refractivity contribution < 1.29 is 5.21 Å². The molecule has 1 aromatic heterocycles. The molecular formula is C8H14N4O. The van der Waals surface area contributed by atoms with Crippen molar-refractivity contribution in [1.29, 1.82) is 0 Å². The van der Waals surface area contributed by atoms with Crippen molar-refractivity contribution in [2.24, 2.45) is 10.9 Å². The SMILES string of the molecule is Cc1ncn(C(C)C(N)=NO)c1C. The summed E-state index contributed by atoms with van der Waals surface area (Å²) in [6, 6.07) is -0.161. The van der Waals surface area contributed by atoms with Gasteiger partial charge in [0.2, 0.25) is 0 Å². The van der Waals surface area contributed by atoms with E-state index in [0.717, 1.165) is 11.4 Å². The molecule has 1 unspecified atom stereocenters. The molecule has 0 saturated carbocycles. The first-order chi connectivity index (χ1) is 6.07. The number of aryl methyl sites for hydroxylation is 1. The zero-order valence-corrected chi connectivity index (χ0v) is 8.02. The maximum atomic E-state index is 8.49. The largest absolute Gasteiger partial charge is 0.409 e. The molecule has 5 heteroatoms. The van der Waals surface area contributed by atoms with E-state index in [1.54, 1.807) is 6.33 Å². The molecule has 0 fully saturated rings. The fourth-order valence-corrected chi connectivity index (χ4v) is 1.13. The normalized spacial score (nSPS) is 14.5. The van der Waals surface area contributed by atoms with Crippen LogP contribution in [0.4, 0.5) is 0 Å². The van der Waals surface area contributed by atoms with Gasteiger partial charge in [0.1, 0.15) is 0 Å². The summed E-state index contributed by atoms with van der Waals surface area (Å²) in [5.74, 6) is 0.181. The number of nitrogens with zero attached hydrogens (tertiary/aromatic N) is 3. The molecule has 1 heterocycles. The number of oxime groups is 1. The van der Waals surface area contributed by atoms with Crippen LogP contribution in [0.25, 0.3) is 0 Å². The zero-order valence-electron chi connectivity index (χ0n) is 8.02. The molecule has 0 bridgehead atoms. The third kappa shape index (κ3) is 1.63. The van der Waals surface area contributed by atoms with Gasteiger partial charge in [-0.3, -0.25) is 0 Å². The molecule has 0 spiro atoms. The quantitative estimate of drug-likeness (QED) is 0.307. The van der Waals surface area contributed by atoms with Gasteiger partial charge in [-0.1, -0.05) is 5.16 Å². The minimum atomic E-state index is -0.161. The summed E-state index contributed by atoms with van der Waals surface area (Å²) < 4.78 is 1.87. The molecule has 1 atom stereocenters. The molecule has 0 saturated heterocycles. The number of amidine groups is 1. The summed E-state index contributed by atoms with van der Waals surface area (Å²) in [5.41, 5.74) is 7.46. The van der Waals surface area contributed by atoms with Crippen molar-refractivity contribution >= 4 is 5.84 Å². The number of aromatic nitrogens is 2. The lowest BCUT2D eigenvalue weighted by Gasteiger charge is -2.13. The number of imidazole rings is 1. The fraction of sp³-hybridized carbons (Fsp3) is 0.500. The lowest BCUT2D eigenvalue weighted by atomic mass is 10.3. The highest BCUT2D eigenvalue weighted by Crippen LogP contribution is 2.12. The Morgan fingerprint density at radius 2 is 2.31 bits per heavy atom. The van der Waals surface area contributed by atoms with E-state index in [-0.39, 0.29) is 11.9 Å². The second kappa shape index (κ2) is 3.47. The average molecular weight is 182 g/mol. The van der Waals surface area contributed by atoms with Gasteiger partial charge in [-0.2, -0.15) is 0 Å². The van der Waals surface area contributed by atoms with Crippen molar-refractivity contribution in [3.8, 4) is 0 Å². The van der Waals surface area contributed by atoms with Crippen LogP contribution in [0.2, 0.25) is 0 Å². The Labute approximate surface area is 76.9 Å². The van der Waals surface area contributed by atoms with Crippen molar-refractivity contribution in [3.05, 3.63) is 17.7 Å². The lowest BCUT2D eigenvalue weighted by Crippen LogP contribution is -2.24. The van der Waals surface area contributed by atoms with Gasteiger partial charge in [0.25, 0.3) is 0 Å². The summed E-state index contributed by atoms with van der Waals surface area (Å²) in [7, 11) is 0. The van der Waals surface area contributed by atoms with E-state index >= 15 is 0 Å². The van der Waals surface area contributed by atoms with Crippen LogP contribution in [0.1, 0.15) is 24.4 Å². The topological polar surface area (TPSA) is 76.4 Å². The van der Waals surface area contributed by atoms with Crippen LogP contribution >= 0.6 is 0 Å². The van der Waals surface area contributed by atoms with E-state index in [2.05, 4.69) is 10.1 Å². The number of rotatable bonds is 2. The van der Waals surface area contributed by atoms with E-state index in [1.165, 1.54) is 0 Å². The molecule has 0 aliphatic rings. The molecule has 13 heavy (non-hydrogen) atoms. The molecule has 1 aromatic rings. The van der Waals surface area contributed by atoms with Crippen LogP contribution in [0.15, 0.2) is 11.5 Å². The standard InChI is InChI=1S/C8H14N4O/c1-5-6(2)12(4-10-5)7(3)8(9)11-13/h4,7,13H,1-3H3,(H2,9,11). The molecule has 0 aliphatic carbocycles. The van der Waals surface area contributed by atoms with Gasteiger partial charge in [-0.15, -0.1) is 0 Å². The third-order valence-electron chi connectivity index (χ3n) is 2.25. The first kappa shape index (κ1) is 9.57. The van der Waals surface area contributed by atoms with Gasteiger partial charge in [0, 0.05) is 5.69 Å². The van der Waals surface area contributed by atoms with Crippen LogP contribution in [0.3, 0.4) is 0 Å². The predicted octanol–water partition coefficient (Wildman–Crippen LogP) is 0.807.